The Balaban J connectivity index is 2.59. The molecule has 0 radical (unpaired) electrons. The van der Waals surface area contributed by atoms with Crippen molar-refractivity contribution in [2.45, 2.75) is 19.9 Å². The molecule has 0 aliphatic heterocycles. The number of benzene rings is 1. The van der Waals surface area contributed by atoms with E-state index in [9.17, 15) is 4.39 Å². The summed E-state index contributed by atoms with van der Waals surface area (Å²) in [6.45, 7) is 7.42. The molecule has 0 aromatic heterocycles. The van der Waals surface area contributed by atoms with Gasteiger partial charge in [-0.15, -0.1) is 0 Å². The van der Waals surface area contributed by atoms with E-state index in [2.05, 4.69) is 24.2 Å². The lowest BCUT2D eigenvalue weighted by molar-refractivity contribution is 0.115. The van der Waals surface area contributed by atoms with Crippen molar-refractivity contribution < 1.29 is 9.13 Å². The van der Waals surface area contributed by atoms with Crippen LogP contribution in [0.4, 0.5) is 4.39 Å². The maximum atomic E-state index is 13.9. The Labute approximate surface area is 122 Å². The van der Waals surface area contributed by atoms with Gasteiger partial charge in [-0.3, -0.25) is 0 Å². The summed E-state index contributed by atoms with van der Waals surface area (Å²) >= 11 is 0. The Morgan fingerprint density at radius 1 is 1.35 bits per heavy atom. The predicted octanol–water partition coefficient (Wildman–Crippen LogP) is 2.69. The molecule has 1 aromatic carbocycles. The summed E-state index contributed by atoms with van der Waals surface area (Å²) in [5.74, 6) is 0.166. The van der Waals surface area contributed by atoms with Crippen molar-refractivity contribution in [1.29, 1.82) is 0 Å². The van der Waals surface area contributed by atoms with Gasteiger partial charge in [0.2, 0.25) is 0 Å². The van der Waals surface area contributed by atoms with Gasteiger partial charge in [-0.05, 0) is 33.0 Å². The molecule has 2 atom stereocenters. The second kappa shape index (κ2) is 9.06. The van der Waals surface area contributed by atoms with Crippen molar-refractivity contribution in [2.75, 3.05) is 40.4 Å². The van der Waals surface area contributed by atoms with Gasteiger partial charge < -0.3 is 15.0 Å². The predicted molar refractivity (Wildman–Crippen MR) is 81.4 cm³/mol. The highest BCUT2D eigenvalue weighted by Crippen LogP contribution is 2.24. The van der Waals surface area contributed by atoms with Crippen LogP contribution in [-0.4, -0.2) is 45.3 Å². The fourth-order valence-corrected chi connectivity index (χ4v) is 2.53. The maximum Gasteiger partial charge on any atom is 0.127 e. The fourth-order valence-electron chi connectivity index (χ4n) is 2.53. The molecule has 4 heteroatoms. The first-order chi connectivity index (χ1) is 9.60. The van der Waals surface area contributed by atoms with Crippen LogP contribution in [0.2, 0.25) is 0 Å². The van der Waals surface area contributed by atoms with Crippen molar-refractivity contribution in [3.63, 3.8) is 0 Å². The van der Waals surface area contributed by atoms with E-state index in [-0.39, 0.29) is 11.9 Å². The smallest absolute Gasteiger partial charge is 0.127 e. The van der Waals surface area contributed by atoms with Crippen molar-refractivity contribution in [2.24, 2.45) is 5.92 Å². The average molecular weight is 282 g/mol. The topological polar surface area (TPSA) is 24.5 Å². The van der Waals surface area contributed by atoms with Gasteiger partial charge in [0.05, 0.1) is 6.61 Å². The zero-order valence-corrected chi connectivity index (χ0v) is 13.0. The third-order valence-corrected chi connectivity index (χ3v) is 3.54. The molecule has 0 bridgehead atoms. The van der Waals surface area contributed by atoms with Gasteiger partial charge in [0.15, 0.2) is 0 Å². The van der Waals surface area contributed by atoms with Crippen molar-refractivity contribution in [3.8, 4) is 0 Å². The van der Waals surface area contributed by atoms with Crippen LogP contribution in [0, 0.1) is 11.7 Å². The first kappa shape index (κ1) is 17.1. The largest absolute Gasteiger partial charge is 0.380 e. The lowest BCUT2D eigenvalue weighted by atomic mass is 9.93. The normalized spacial score (nSPS) is 14.5. The third-order valence-electron chi connectivity index (χ3n) is 3.54. The summed E-state index contributed by atoms with van der Waals surface area (Å²) in [7, 11) is 3.96. The number of nitrogens with one attached hydrogen (secondary N) is 1. The second-order valence-electron chi connectivity index (χ2n) is 5.22. The third kappa shape index (κ3) is 5.19. The monoisotopic (exact) mass is 282 g/mol. The fraction of sp³-hybridized carbons (Fsp3) is 0.625. The minimum absolute atomic E-state index is 0.0192. The minimum atomic E-state index is -0.143. The molecule has 0 aliphatic rings. The molecule has 20 heavy (non-hydrogen) atoms. The molecular weight excluding hydrogens is 255 g/mol. The quantitative estimate of drug-likeness (QED) is 0.705. The molecule has 1 N–H and O–H groups in total. The second-order valence-corrected chi connectivity index (χ2v) is 5.22. The molecule has 0 saturated heterocycles. The summed E-state index contributed by atoms with van der Waals surface area (Å²) in [5.41, 5.74) is 0.737. The summed E-state index contributed by atoms with van der Waals surface area (Å²) < 4.78 is 19.3. The maximum absolute atomic E-state index is 13.9. The van der Waals surface area contributed by atoms with Crippen LogP contribution < -0.4 is 5.32 Å². The lowest BCUT2D eigenvalue weighted by Crippen LogP contribution is -2.34. The number of halogens is 1. The Hall–Kier alpha value is -0.970. The van der Waals surface area contributed by atoms with E-state index in [0.717, 1.165) is 31.9 Å². The number of nitrogens with zero attached hydrogens (tertiary/aromatic N) is 1. The molecule has 0 spiro atoms. The van der Waals surface area contributed by atoms with Gasteiger partial charge in [-0.1, -0.05) is 25.1 Å². The van der Waals surface area contributed by atoms with Crippen LogP contribution in [0.15, 0.2) is 24.3 Å². The van der Waals surface area contributed by atoms with E-state index >= 15 is 0 Å². The van der Waals surface area contributed by atoms with E-state index in [1.807, 2.05) is 26.1 Å². The first-order valence-electron chi connectivity index (χ1n) is 7.28. The summed E-state index contributed by atoms with van der Waals surface area (Å²) in [5, 5.41) is 3.23. The first-order valence-corrected chi connectivity index (χ1v) is 7.28. The highest BCUT2D eigenvalue weighted by atomic mass is 19.1. The van der Waals surface area contributed by atoms with Gasteiger partial charge in [-0.2, -0.15) is 0 Å². The Kier molecular flexibility index (Phi) is 7.73. The Morgan fingerprint density at radius 2 is 2.05 bits per heavy atom. The van der Waals surface area contributed by atoms with Crippen molar-refractivity contribution >= 4 is 0 Å². The van der Waals surface area contributed by atoms with Gasteiger partial charge in [-0.25, -0.2) is 4.39 Å². The lowest BCUT2D eigenvalue weighted by Gasteiger charge is -2.28. The Morgan fingerprint density at radius 3 is 2.65 bits per heavy atom. The van der Waals surface area contributed by atoms with E-state index in [0.29, 0.717) is 5.92 Å². The van der Waals surface area contributed by atoms with Crippen LogP contribution in [0.5, 0.6) is 0 Å². The minimum Gasteiger partial charge on any atom is -0.380 e. The SMILES string of the molecule is CCOCCN(C)CC(C)C(NC)c1ccccc1F. The van der Waals surface area contributed by atoms with Crippen LogP contribution >= 0.6 is 0 Å². The van der Waals surface area contributed by atoms with Gasteiger partial charge in [0.25, 0.3) is 0 Å². The summed E-state index contributed by atoms with van der Waals surface area (Å²) in [4.78, 5) is 2.23. The summed E-state index contributed by atoms with van der Waals surface area (Å²) in [6, 6.07) is 7.00. The standard InChI is InChI=1S/C16H27FN2O/c1-5-20-11-10-19(4)12-13(2)16(18-3)14-8-6-7-9-15(14)17/h6-9,13,16,18H,5,10-12H2,1-4H3. The molecule has 114 valence electrons. The Bertz CT molecular complexity index is 386. The molecule has 0 saturated carbocycles. The van der Waals surface area contributed by atoms with Crippen molar-refractivity contribution in [1.82, 2.24) is 10.2 Å². The number of hydrogen-bond acceptors (Lipinski definition) is 3. The zero-order chi connectivity index (χ0) is 15.0. The van der Waals surface area contributed by atoms with E-state index in [1.54, 1.807) is 6.07 Å². The van der Waals surface area contributed by atoms with E-state index in [1.165, 1.54) is 6.07 Å². The molecule has 0 amide bonds. The molecule has 0 heterocycles. The van der Waals surface area contributed by atoms with Crippen LogP contribution in [0.3, 0.4) is 0 Å². The van der Waals surface area contributed by atoms with Gasteiger partial charge in [0.1, 0.15) is 5.82 Å². The molecule has 1 aromatic rings. The number of likely N-dealkylation sites (N-methyl/N-ethyl adjacent to an activating group) is 1. The average Bonchev–Trinajstić information content (AvgIpc) is 2.42. The van der Waals surface area contributed by atoms with Crippen LogP contribution in [0.1, 0.15) is 25.5 Å². The van der Waals surface area contributed by atoms with E-state index < -0.39 is 0 Å². The van der Waals surface area contributed by atoms with Crippen molar-refractivity contribution in [3.05, 3.63) is 35.6 Å². The van der Waals surface area contributed by atoms with E-state index in [4.69, 9.17) is 4.74 Å². The van der Waals surface area contributed by atoms with Crippen LogP contribution in [0.25, 0.3) is 0 Å². The zero-order valence-electron chi connectivity index (χ0n) is 13.0. The molecule has 1 rings (SSSR count). The number of rotatable bonds is 9. The van der Waals surface area contributed by atoms with Crippen LogP contribution in [-0.2, 0) is 4.74 Å². The molecule has 0 fully saturated rings. The summed E-state index contributed by atoms with van der Waals surface area (Å²) in [6.07, 6.45) is 0. The molecule has 3 nitrogen and oxygen atoms in total. The van der Waals surface area contributed by atoms with Gasteiger partial charge >= 0.3 is 0 Å². The highest BCUT2D eigenvalue weighted by molar-refractivity contribution is 5.21. The molecular formula is C16H27FN2O. The highest BCUT2D eigenvalue weighted by Gasteiger charge is 2.21. The van der Waals surface area contributed by atoms with Gasteiger partial charge in [0, 0.05) is 31.3 Å². The number of hydrogen-bond donors (Lipinski definition) is 1. The molecule has 2 unspecified atom stereocenters. The number of ether oxygens (including phenoxy) is 1. The molecule has 0 aliphatic carbocycles.